The summed E-state index contributed by atoms with van der Waals surface area (Å²) in [5, 5.41) is 0. The normalized spacial score (nSPS) is 11.9. The zero-order chi connectivity index (χ0) is 22.4. The molecule has 0 aliphatic carbocycles. The van der Waals surface area contributed by atoms with Crippen LogP contribution in [0.15, 0.2) is 65.8 Å². The van der Waals surface area contributed by atoms with Crippen LogP contribution in [0.25, 0.3) is 0 Å². The number of aromatic nitrogens is 2. The molecule has 0 unspecified atom stereocenters. The second-order valence-electron chi connectivity index (χ2n) is 7.78. The van der Waals surface area contributed by atoms with Crippen LogP contribution in [-0.4, -0.2) is 61.5 Å². The zero-order valence-corrected chi connectivity index (χ0v) is 19.3. The lowest BCUT2D eigenvalue weighted by Crippen LogP contribution is -2.37. The average molecular weight is 443 g/mol. The van der Waals surface area contributed by atoms with Crippen molar-refractivity contribution in [3.8, 4) is 5.75 Å². The van der Waals surface area contributed by atoms with Crippen molar-refractivity contribution in [1.82, 2.24) is 18.8 Å². The first-order valence-electron chi connectivity index (χ1n) is 10.1. The first-order chi connectivity index (χ1) is 14.8. The summed E-state index contributed by atoms with van der Waals surface area (Å²) >= 11 is 0. The fourth-order valence-electron chi connectivity index (χ4n) is 3.22. The van der Waals surface area contributed by atoms with Gasteiger partial charge in [-0.15, -0.1) is 0 Å². The molecule has 0 saturated carbocycles. The van der Waals surface area contributed by atoms with Crippen LogP contribution in [0.2, 0.25) is 0 Å². The highest BCUT2D eigenvalue weighted by molar-refractivity contribution is 7.89. The molecule has 0 fully saturated rings. The van der Waals surface area contributed by atoms with E-state index in [1.807, 2.05) is 73.1 Å². The van der Waals surface area contributed by atoms with Crippen molar-refractivity contribution in [3.63, 3.8) is 0 Å². The van der Waals surface area contributed by atoms with Gasteiger partial charge in [0.2, 0.25) is 10.0 Å². The van der Waals surface area contributed by atoms with Crippen molar-refractivity contribution in [2.75, 3.05) is 34.3 Å². The maximum Gasteiger partial charge on any atom is 0.243 e. The van der Waals surface area contributed by atoms with Gasteiger partial charge in [-0.2, -0.15) is 4.31 Å². The molecule has 1 aromatic heterocycles. The van der Waals surface area contributed by atoms with Gasteiger partial charge in [0.25, 0.3) is 0 Å². The number of rotatable bonds is 10. The van der Waals surface area contributed by atoms with Gasteiger partial charge in [-0.25, -0.2) is 13.4 Å². The van der Waals surface area contributed by atoms with Gasteiger partial charge in [0.05, 0.1) is 18.6 Å². The molecule has 0 aliphatic rings. The Bertz CT molecular complexity index is 1090. The number of likely N-dealkylation sites (N-methyl/N-ethyl adjacent to an activating group) is 1. The molecule has 0 N–H and O–H groups in total. The van der Waals surface area contributed by atoms with Gasteiger partial charge >= 0.3 is 0 Å². The fraction of sp³-hybridized carbons (Fsp3) is 0.348. The maximum atomic E-state index is 13.4. The largest absolute Gasteiger partial charge is 0.497 e. The number of sulfonamides is 1. The van der Waals surface area contributed by atoms with E-state index in [0.717, 1.165) is 16.9 Å². The van der Waals surface area contributed by atoms with Crippen LogP contribution in [0.5, 0.6) is 5.75 Å². The number of benzene rings is 2. The van der Waals surface area contributed by atoms with Crippen molar-refractivity contribution in [3.05, 3.63) is 77.9 Å². The lowest BCUT2D eigenvalue weighted by molar-refractivity contribution is 0.323. The molecule has 0 bridgehead atoms. The van der Waals surface area contributed by atoms with Crippen molar-refractivity contribution >= 4 is 10.0 Å². The molecular weight excluding hydrogens is 412 g/mol. The summed E-state index contributed by atoms with van der Waals surface area (Å²) in [7, 11) is 1.84. The summed E-state index contributed by atoms with van der Waals surface area (Å²) in [5.74, 6) is 1.48. The number of aryl methyl sites for hydroxylation is 1. The minimum Gasteiger partial charge on any atom is -0.497 e. The predicted octanol–water partition coefficient (Wildman–Crippen LogP) is 3.00. The Hall–Kier alpha value is -2.68. The van der Waals surface area contributed by atoms with E-state index in [0.29, 0.717) is 30.4 Å². The molecule has 166 valence electrons. The highest BCUT2D eigenvalue weighted by Gasteiger charge is 2.26. The number of imidazole rings is 1. The monoisotopic (exact) mass is 442 g/mol. The van der Waals surface area contributed by atoms with E-state index < -0.39 is 10.0 Å². The Morgan fingerprint density at radius 1 is 1.06 bits per heavy atom. The molecule has 0 saturated heterocycles. The SMILES string of the molecule is COc1cccc(Cn2ccnc2CN(CCN(C)C)S(=O)(=O)c2ccc(C)cc2)c1. The van der Waals surface area contributed by atoms with Crippen LogP contribution in [0, 0.1) is 6.92 Å². The van der Waals surface area contributed by atoms with E-state index >= 15 is 0 Å². The van der Waals surface area contributed by atoms with Crippen LogP contribution in [0.1, 0.15) is 17.0 Å². The van der Waals surface area contributed by atoms with E-state index in [1.165, 1.54) is 4.31 Å². The first-order valence-corrected chi connectivity index (χ1v) is 11.6. The molecule has 7 nitrogen and oxygen atoms in total. The lowest BCUT2D eigenvalue weighted by Gasteiger charge is -2.24. The fourth-order valence-corrected chi connectivity index (χ4v) is 4.60. The zero-order valence-electron chi connectivity index (χ0n) is 18.5. The lowest BCUT2D eigenvalue weighted by atomic mass is 10.2. The minimum atomic E-state index is -3.66. The highest BCUT2D eigenvalue weighted by Crippen LogP contribution is 2.20. The molecule has 1 heterocycles. The second kappa shape index (κ2) is 10.1. The van der Waals surface area contributed by atoms with Gasteiger partial charge in [-0.1, -0.05) is 29.8 Å². The third kappa shape index (κ3) is 5.94. The van der Waals surface area contributed by atoms with Gasteiger partial charge in [-0.3, -0.25) is 0 Å². The number of ether oxygens (including phenoxy) is 1. The maximum absolute atomic E-state index is 13.4. The molecule has 3 aromatic rings. The summed E-state index contributed by atoms with van der Waals surface area (Å²) in [6.07, 6.45) is 3.58. The van der Waals surface area contributed by atoms with Gasteiger partial charge < -0.3 is 14.2 Å². The van der Waals surface area contributed by atoms with Crippen LogP contribution in [-0.2, 0) is 23.1 Å². The molecule has 0 spiro atoms. The molecule has 0 amide bonds. The Balaban J connectivity index is 1.87. The van der Waals surface area contributed by atoms with E-state index in [9.17, 15) is 8.42 Å². The average Bonchev–Trinajstić information content (AvgIpc) is 3.17. The Morgan fingerprint density at radius 3 is 2.48 bits per heavy atom. The minimum absolute atomic E-state index is 0.195. The molecule has 3 rings (SSSR count). The Kier molecular flexibility index (Phi) is 7.48. The standard InChI is InChI=1S/C23H30N4O3S/c1-19-8-10-22(11-9-19)31(28,29)27(15-14-25(2)3)18-23-24-12-13-26(23)17-20-6-5-7-21(16-20)30-4/h5-13,16H,14-15,17-18H2,1-4H3. The topological polar surface area (TPSA) is 67.7 Å². The van der Waals surface area contributed by atoms with Crippen molar-refractivity contribution in [2.45, 2.75) is 24.9 Å². The third-order valence-electron chi connectivity index (χ3n) is 5.06. The van der Waals surface area contributed by atoms with Crippen molar-refractivity contribution in [1.29, 1.82) is 0 Å². The van der Waals surface area contributed by atoms with Gasteiger partial charge in [-0.05, 0) is 50.8 Å². The number of nitrogens with zero attached hydrogens (tertiary/aromatic N) is 4. The van der Waals surface area contributed by atoms with Crippen molar-refractivity contribution in [2.24, 2.45) is 0 Å². The molecular formula is C23H30N4O3S. The van der Waals surface area contributed by atoms with Crippen molar-refractivity contribution < 1.29 is 13.2 Å². The van der Waals surface area contributed by atoms with E-state index in [-0.39, 0.29) is 6.54 Å². The first kappa shape index (κ1) is 23.0. The Morgan fingerprint density at radius 2 is 1.81 bits per heavy atom. The molecule has 0 aliphatic heterocycles. The summed E-state index contributed by atoms with van der Waals surface area (Å²) in [6.45, 7) is 3.70. The molecule has 0 radical (unpaired) electrons. The van der Waals surface area contributed by atoms with Crippen LogP contribution >= 0.6 is 0 Å². The van der Waals surface area contributed by atoms with Crippen LogP contribution in [0.4, 0.5) is 0 Å². The summed E-state index contributed by atoms with van der Waals surface area (Å²) in [5.41, 5.74) is 2.08. The number of hydrogen-bond donors (Lipinski definition) is 0. The Labute approximate surface area is 184 Å². The van der Waals surface area contributed by atoms with Crippen LogP contribution in [0.3, 0.4) is 0 Å². The quantitative estimate of drug-likeness (QED) is 0.483. The van der Waals surface area contributed by atoms with Gasteiger partial charge in [0.1, 0.15) is 11.6 Å². The molecule has 8 heteroatoms. The van der Waals surface area contributed by atoms with E-state index in [1.54, 1.807) is 25.4 Å². The summed E-state index contributed by atoms with van der Waals surface area (Å²) < 4.78 is 35.6. The van der Waals surface area contributed by atoms with E-state index in [2.05, 4.69) is 4.98 Å². The third-order valence-corrected chi connectivity index (χ3v) is 6.92. The van der Waals surface area contributed by atoms with E-state index in [4.69, 9.17) is 4.74 Å². The summed E-state index contributed by atoms with van der Waals surface area (Å²) in [4.78, 5) is 6.72. The highest BCUT2D eigenvalue weighted by atomic mass is 32.2. The number of hydrogen-bond acceptors (Lipinski definition) is 5. The smallest absolute Gasteiger partial charge is 0.243 e. The molecule has 31 heavy (non-hydrogen) atoms. The molecule has 0 atom stereocenters. The predicted molar refractivity (Wildman–Crippen MR) is 122 cm³/mol. The number of methoxy groups -OCH3 is 1. The van der Waals surface area contributed by atoms with Gasteiger partial charge in [0, 0.05) is 32.0 Å². The van der Waals surface area contributed by atoms with Gasteiger partial charge in [0.15, 0.2) is 0 Å². The summed E-state index contributed by atoms with van der Waals surface area (Å²) in [6, 6.07) is 14.8. The molecule has 2 aromatic carbocycles. The second-order valence-corrected chi connectivity index (χ2v) is 9.72. The van der Waals surface area contributed by atoms with Crippen LogP contribution < -0.4 is 4.74 Å².